The number of hydrogen-bond acceptors (Lipinski definition) is 2. The molecule has 0 radical (unpaired) electrons. The molecule has 0 atom stereocenters. The van der Waals surface area contributed by atoms with Crippen molar-refractivity contribution < 1.29 is 0 Å². The lowest BCUT2D eigenvalue weighted by molar-refractivity contribution is 1.32. The SMILES string of the molecule is c1ccc(-c2cc(-c3cccnc3)cc(-c3ccccc3-c3cccc(-c4ccc5c6ccccc6c6ccccc6c5c4)c3)c2)nc1. The summed E-state index contributed by atoms with van der Waals surface area (Å²) in [5, 5.41) is 7.73. The third-order valence-electron chi connectivity index (χ3n) is 9.38. The van der Waals surface area contributed by atoms with Gasteiger partial charge in [0, 0.05) is 29.7 Å². The average Bonchev–Trinajstić information content (AvgIpc) is 3.18. The van der Waals surface area contributed by atoms with Gasteiger partial charge in [0.15, 0.2) is 0 Å². The smallest absolute Gasteiger partial charge is 0.0702 e. The first kappa shape index (κ1) is 27.9. The van der Waals surface area contributed by atoms with Gasteiger partial charge in [0.05, 0.1) is 5.69 Å². The average molecular weight is 611 g/mol. The van der Waals surface area contributed by atoms with Crippen molar-refractivity contribution in [3.63, 3.8) is 0 Å². The van der Waals surface area contributed by atoms with Gasteiger partial charge in [0.1, 0.15) is 0 Å². The molecular formula is C46H30N2. The lowest BCUT2D eigenvalue weighted by Gasteiger charge is -2.15. The lowest BCUT2D eigenvalue weighted by Crippen LogP contribution is -1.90. The molecule has 2 heterocycles. The molecule has 7 aromatic carbocycles. The van der Waals surface area contributed by atoms with Crippen LogP contribution in [-0.2, 0) is 0 Å². The van der Waals surface area contributed by atoms with Crippen LogP contribution < -0.4 is 0 Å². The quantitative estimate of drug-likeness (QED) is 0.181. The highest BCUT2D eigenvalue weighted by molar-refractivity contribution is 6.25. The fraction of sp³-hybridized carbons (Fsp3) is 0. The van der Waals surface area contributed by atoms with Crippen LogP contribution in [0.5, 0.6) is 0 Å². The Morgan fingerprint density at radius 3 is 1.56 bits per heavy atom. The normalized spacial score (nSPS) is 11.3. The second-order valence-electron chi connectivity index (χ2n) is 12.2. The second kappa shape index (κ2) is 11.8. The molecule has 0 fully saturated rings. The van der Waals surface area contributed by atoms with Crippen molar-refractivity contribution in [2.75, 3.05) is 0 Å². The predicted molar refractivity (Wildman–Crippen MR) is 202 cm³/mol. The molecule has 0 aliphatic carbocycles. The van der Waals surface area contributed by atoms with Crippen molar-refractivity contribution >= 4 is 32.3 Å². The van der Waals surface area contributed by atoms with Gasteiger partial charge < -0.3 is 0 Å². The number of aromatic nitrogens is 2. The molecule has 2 nitrogen and oxygen atoms in total. The van der Waals surface area contributed by atoms with E-state index in [1.54, 1.807) is 0 Å². The highest BCUT2D eigenvalue weighted by Gasteiger charge is 2.14. The zero-order valence-electron chi connectivity index (χ0n) is 26.2. The zero-order chi connectivity index (χ0) is 31.9. The van der Waals surface area contributed by atoms with E-state index in [-0.39, 0.29) is 0 Å². The Labute approximate surface area is 279 Å². The number of nitrogens with zero attached hydrogens (tertiary/aromatic N) is 2. The van der Waals surface area contributed by atoms with Gasteiger partial charge in [0.2, 0.25) is 0 Å². The number of benzene rings is 7. The molecule has 224 valence electrons. The summed E-state index contributed by atoms with van der Waals surface area (Å²) in [6.07, 6.45) is 5.59. The highest BCUT2D eigenvalue weighted by atomic mass is 14.7. The first-order valence-corrected chi connectivity index (χ1v) is 16.3. The molecular weight excluding hydrogens is 581 g/mol. The largest absolute Gasteiger partial charge is 0.264 e. The molecule has 0 aliphatic rings. The molecule has 2 heteroatoms. The van der Waals surface area contributed by atoms with Crippen molar-refractivity contribution in [1.82, 2.24) is 9.97 Å². The third-order valence-corrected chi connectivity index (χ3v) is 9.38. The number of fused-ring (bicyclic) bond motifs is 6. The van der Waals surface area contributed by atoms with Gasteiger partial charge in [-0.25, -0.2) is 0 Å². The Hall–Kier alpha value is -6.38. The minimum absolute atomic E-state index is 0.945. The van der Waals surface area contributed by atoms with E-state index in [0.717, 1.165) is 27.9 Å². The monoisotopic (exact) mass is 610 g/mol. The topological polar surface area (TPSA) is 25.8 Å². The Kier molecular flexibility index (Phi) is 6.84. The summed E-state index contributed by atoms with van der Waals surface area (Å²) in [5.74, 6) is 0. The second-order valence-corrected chi connectivity index (χ2v) is 12.2. The molecule has 48 heavy (non-hydrogen) atoms. The van der Waals surface area contributed by atoms with Gasteiger partial charge in [-0.1, -0.05) is 115 Å². The van der Waals surface area contributed by atoms with E-state index < -0.39 is 0 Å². The van der Waals surface area contributed by atoms with Gasteiger partial charge in [-0.05, 0) is 120 Å². The van der Waals surface area contributed by atoms with Crippen LogP contribution in [0.25, 0.3) is 88.1 Å². The summed E-state index contributed by atoms with van der Waals surface area (Å²) in [6.45, 7) is 0. The lowest BCUT2D eigenvalue weighted by atomic mass is 9.89. The molecule has 0 bridgehead atoms. The minimum atomic E-state index is 0.945. The fourth-order valence-corrected chi connectivity index (χ4v) is 7.10. The summed E-state index contributed by atoms with van der Waals surface area (Å²) in [5.41, 5.74) is 11.3. The summed E-state index contributed by atoms with van der Waals surface area (Å²) in [4.78, 5) is 9.09. The molecule has 9 rings (SSSR count). The van der Waals surface area contributed by atoms with Crippen LogP contribution in [0, 0.1) is 0 Å². The van der Waals surface area contributed by atoms with E-state index in [1.807, 2.05) is 36.8 Å². The van der Waals surface area contributed by atoms with E-state index >= 15 is 0 Å². The van der Waals surface area contributed by atoms with Crippen molar-refractivity contribution in [3.05, 3.63) is 182 Å². The van der Waals surface area contributed by atoms with E-state index in [4.69, 9.17) is 0 Å². The maximum absolute atomic E-state index is 4.69. The standard InChI is InChI=1S/C46H30N2/c1-2-15-39(36-26-35(34-13-10-23-47-30-34)27-37(28-36)46-20-7-8-24-48-46)38(14-1)33-12-9-11-31(25-33)32-21-22-44-42-18-4-3-16-40(42)41-17-5-6-19-43(41)45(44)29-32/h1-30H. The summed E-state index contributed by atoms with van der Waals surface area (Å²) in [7, 11) is 0. The van der Waals surface area contributed by atoms with Gasteiger partial charge >= 0.3 is 0 Å². The Morgan fingerprint density at radius 1 is 0.292 bits per heavy atom. The Morgan fingerprint density at radius 2 is 0.854 bits per heavy atom. The molecule has 0 N–H and O–H groups in total. The summed E-state index contributed by atoms with van der Waals surface area (Å²) in [6, 6.07) is 59.0. The van der Waals surface area contributed by atoms with Gasteiger partial charge in [-0.3, -0.25) is 9.97 Å². The van der Waals surface area contributed by atoms with Crippen molar-refractivity contribution in [2.24, 2.45) is 0 Å². The molecule has 0 saturated carbocycles. The summed E-state index contributed by atoms with van der Waals surface area (Å²) >= 11 is 0. The first-order chi connectivity index (χ1) is 23.8. The van der Waals surface area contributed by atoms with Crippen LogP contribution in [0.4, 0.5) is 0 Å². The van der Waals surface area contributed by atoms with Crippen LogP contribution in [0.2, 0.25) is 0 Å². The molecule has 0 aliphatic heterocycles. The molecule has 0 spiro atoms. The fourth-order valence-electron chi connectivity index (χ4n) is 7.10. The van der Waals surface area contributed by atoms with Gasteiger partial charge in [-0.15, -0.1) is 0 Å². The Balaban J connectivity index is 1.19. The van der Waals surface area contributed by atoms with E-state index in [2.05, 4.69) is 156 Å². The number of hydrogen-bond donors (Lipinski definition) is 0. The predicted octanol–water partition coefficient (Wildman–Crippen LogP) is 12.3. The van der Waals surface area contributed by atoms with E-state index in [9.17, 15) is 0 Å². The summed E-state index contributed by atoms with van der Waals surface area (Å²) < 4.78 is 0. The van der Waals surface area contributed by atoms with Gasteiger partial charge in [0.25, 0.3) is 0 Å². The van der Waals surface area contributed by atoms with E-state index in [1.165, 1.54) is 60.1 Å². The maximum Gasteiger partial charge on any atom is 0.0702 e. The first-order valence-electron chi connectivity index (χ1n) is 16.3. The van der Waals surface area contributed by atoms with Crippen molar-refractivity contribution in [3.8, 4) is 55.8 Å². The molecule has 2 aromatic heterocycles. The highest BCUT2D eigenvalue weighted by Crippen LogP contribution is 2.40. The molecule has 0 amide bonds. The molecule has 0 unspecified atom stereocenters. The van der Waals surface area contributed by atoms with Crippen molar-refractivity contribution in [1.29, 1.82) is 0 Å². The number of rotatable bonds is 5. The third kappa shape index (κ3) is 4.92. The minimum Gasteiger partial charge on any atom is -0.264 e. The van der Waals surface area contributed by atoms with Crippen LogP contribution >= 0.6 is 0 Å². The van der Waals surface area contributed by atoms with Crippen LogP contribution in [0.3, 0.4) is 0 Å². The van der Waals surface area contributed by atoms with Crippen LogP contribution in [0.15, 0.2) is 182 Å². The van der Waals surface area contributed by atoms with Crippen LogP contribution in [-0.4, -0.2) is 9.97 Å². The molecule has 0 saturated heterocycles. The number of pyridine rings is 2. The van der Waals surface area contributed by atoms with Crippen LogP contribution in [0.1, 0.15) is 0 Å². The van der Waals surface area contributed by atoms with Gasteiger partial charge in [-0.2, -0.15) is 0 Å². The maximum atomic E-state index is 4.69. The van der Waals surface area contributed by atoms with Crippen molar-refractivity contribution in [2.45, 2.75) is 0 Å². The Bertz CT molecular complexity index is 2510. The zero-order valence-corrected chi connectivity index (χ0v) is 26.2. The van der Waals surface area contributed by atoms with E-state index in [0.29, 0.717) is 0 Å². The molecule has 9 aromatic rings.